The normalized spacial score (nSPS) is 15.8. The van der Waals surface area contributed by atoms with E-state index >= 15 is 0 Å². The molecule has 0 aromatic heterocycles. The quantitative estimate of drug-likeness (QED) is 0.386. The Bertz CT molecular complexity index is 225. The van der Waals surface area contributed by atoms with Crippen LogP contribution in [0, 0.1) is 0 Å². The van der Waals surface area contributed by atoms with Crippen molar-refractivity contribution in [1.29, 1.82) is 0 Å². The van der Waals surface area contributed by atoms with Gasteiger partial charge in [-0.05, 0) is 41.0 Å². The van der Waals surface area contributed by atoms with Crippen LogP contribution in [0.3, 0.4) is 0 Å². The van der Waals surface area contributed by atoms with E-state index in [0.29, 0.717) is 6.10 Å². The summed E-state index contributed by atoms with van der Waals surface area (Å²) in [7, 11) is 2.85. The number of ether oxygens (including phenoxy) is 2. The van der Waals surface area contributed by atoms with Crippen molar-refractivity contribution in [3.63, 3.8) is 0 Å². The molecule has 19 heavy (non-hydrogen) atoms. The smallest absolute Gasteiger partial charge is 0.0814 e. The average Bonchev–Trinajstić information content (AvgIpc) is 2.22. The van der Waals surface area contributed by atoms with Crippen LogP contribution in [0.25, 0.3) is 0 Å². The van der Waals surface area contributed by atoms with Gasteiger partial charge in [-0.1, -0.05) is 32.6 Å². The van der Waals surface area contributed by atoms with Gasteiger partial charge in [-0.25, -0.2) is 0 Å². The Morgan fingerprint density at radius 3 is 2.16 bits per heavy atom. The molecular weight excluding hydrogens is 255 g/mol. The van der Waals surface area contributed by atoms with E-state index in [1.807, 2.05) is 0 Å². The fraction of sp³-hybridized carbons (Fsp3) is 1.00. The molecular formula is C16H35O2P. The van der Waals surface area contributed by atoms with Crippen molar-refractivity contribution in [2.75, 3.05) is 6.61 Å². The van der Waals surface area contributed by atoms with Crippen LogP contribution in [0.4, 0.5) is 0 Å². The molecule has 0 fully saturated rings. The van der Waals surface area contributed by atoms with E-state index in [1.165, 1.54) is 25.7 Å². The second kappa shape index (κ2) is 9.32. The molecule has 0 bridgehead atoms. The molecule has 0 heterocycles. The lowest BCUT2D eigenvalue weighted by Gasteiger charge is -2.36. The van der Waals surface area contributed by atoms with E-state index in [0.717, 1.165) is 19.4 Å². The summed E-state index contributed by atoms with van der Waals surface area (Å²) >= 11 is 0. The lowest BCUT2D eigenvalue weighted by molar-refractivity contribution is -0.100. The first-order valence-corrected chi connectivity index (χ1v) is 8.37. The molecule has 2 unspecified atom stereocenters. The van der Waals surface area contributed by atoms with Crippen LogP contribution in [-0.4, -0.2) is 23.7 Å². The summed E-state index contributed by atoms with van der Waals surface area (Å²) in [5.74, 6) is 0. The average molecular weight is 290 g/mol. The Morgan fingerprint density at radius 2 is 1.63 bits per heavy atom. The first kappa shape index (κ1) is 19.4. The fourth-order valence-corrected chi connectivity index (χ4v) is 2.64. The van der Waals surface area contributed by atoms with E-state index in [9.17, 15) is 0 Å². The fourth-order valence-electron chi connectivity index (χ4n) is 2.21. The number of rotatable bonds is 11. The van der Waals surface area contributed by atoms with Crippen molar-refractivity contribution < 1.29 is 9.47 Å². The molecule has 116 valence electrons. The third-order valence-corrected chi connectivity index (χ3v) is 3.60. The highest BCUT2D eigenvalue weighted by Gasteiger charge is 2.28. The molecule has 0 spiro atoms. The summed E-state index contributed by atoms with van der Waals surface area (Å²) in [5.41, 5.74) is -0.0535. The van der Waals surface area contributed by atoms with E-state index in [-0.39, 0.29) is 10.9 Å². The van der Waals surface area contributed by atoms with Crippen LogP contribution in [0.2, 0.25) is 0 Å². The van der Waals surface area contributed by atoms with E-state index < -0.39 is 0 Å². The lowest BCUT2D eigenvalue weighted by atomic mass is 9.99. The van der Waals surface area contributed by atoms with Crippen molar-refractivity contribution >= 4 is 9.24 Å². The summed E-state index contributed by atoms with van der Waals surface area (Å²) < 4.78 is 11.9. The number of unbranched alkanes of at least 4 members (excludes halogenated alkanes) is 3. The van der Waals surface area contributed by atoms with Crippen molar-refractivity contribution in [3.8, 4) is 0 Å². The van der Waals surface area contributed by atoms with Crippen molar-refractivity contribution in [3.05, 3.63) is 0 Å². The van der Waals surface area contributed by atoms with Gasteiger partial charge in [0.25, 0.3) is 0 Å². The van der Waals surface area contributed by atoms with Crippen molar-refractivity contribution in [1.82, 2.24) is 0 Å². The van der Waals surface area contributed by atoms with Gasteiger partial charge in [0, 0.05) is 13.0 Å². The minimum atomic E-state index is -0.191. The molecule has 0 aromatic rings. The van der Waals surface area contributed by atoms with Gasteiger partial charge >= 0.3 is 0 Å². The lowest BCUT2D eigenvalue weighted by Crippen LogP contribution is -2.36. The molecule has 0 rings (SSSR count). The molecule has 0 amide bonds. The Balaban J connectivity index is 3.99. The molecule has 0 saturated heterocycles. The predicted octanol–water partition coefficient (Wildman–Crippen LogP) is 5.16. The topological polar surface area (TPSA) is 18.5 Å². The Morgan fingerprint density at radius 1 is 1.00 bits per heavy atom. The monoisotopic (exact) mass is 290 g/mol. The Labute approximate surface area is 123 Å². The van der Waals surface area contributed by atoms with Gasteiger partial charge in [0.15, 0.2) is 0 Å². The number of hydrogen-bond acceptors (Lipinski definition) is 2. The van der Waals surface area contributed by atoms with Gasteiger partial charge in [0.1, 0.15) is 0 Å². The zero-order chi connectivity index (χ0) is 14.9. The predicted molar refractivity (Wildman–Crippen MR) is 87.7 cm³/mol. The van der Waals surface area contributed by atoms with Crippen LogP contribution < -0.4 is 0 Å². The molecule has 0 aromatic carbocycles. The Hall–Kier alpha value is 0.350. The van der Waals surface area contributed by atoms with E-state index in [1.54, 1.807) is 0 Å². The van der Waals surface area contributed by atoms with E-state index in [2.05, 4.69) is 50.8 Å². The van der Waals surface area contributed by atoms with Gasteiger partial charge in [-0.2, -0.15) is 0 Å². The highest BCUT2D eigenvalue weighted by atomic mass is 31.0. The molecule has 0 N–H and O–H groups in total. The first-order valence-electron chi connectivity index (χ1n) is 7.79. The third kappa shape index (κ3) is 11.8. The van der Waals surface area contributed by atoms with Crippen molar-refractivity contribution in [2.24, 2.45) is 0 Å². The molecule has 3 heteroatoms. The van der Waals surface area contributed by atoms with Gasteiger partial charge in [0.05, 0.1) is 17.0 Å². The van der Waals surface area contributed by atoms with Crippen molar-refractivity contribution in [2.45, 2.75) is 97.1 Å². The summed E-state index contributed by atoms with van der Waals surface area (Å²) in [6, 6.07) is 0. The van der Waals surface area contributed by atoms with E-state index in [4.69, 9.17) is 9.47 Å². The molecule has 2 nitrogen and oxygen atoms in total. The third-order valence-electron chi connectivity index (χ3n) is 3.19. The van der Waals surface area contributed by atoms with Crippen LogP contribution in [0.1, 0.15) is 80.1 Å². The summed E-state index contributed by atoms with van der Waals surface area (Å²) in [6.07, 6.45) is 7.52. The molecule has 0 radical (unpaired) electrons. The second-order valence-electron chi connectivity index (χ2n) is 6.65. The minimum absolute atomic E-state index is 0.0535. The zero-order valence-electron chi connectivity index (χ0n) is 13.9. The van der Waals surface area contributed by atoms with Crippen LogP contribution in [0.5, 0.6) is 0 Å². The maximum absolute atomic E-state index is 6.27. The first-order chi connectivity index (χ1) is 8.68. The second-order valence-corrected chi connectivity index (χ2v) is 7.88. The molecule has 0 aliphatic heterocycles. The largest absolute Gasteiger partial charge is 0.379 e. The summed E-state index contributed by atoms with van der Waals surface area (Å²) in [6.45, 7) is 13.7. The highest BCUT2D eigenvalue weighted by molar-refractivity contribution is 7.18. The summed E-state index contributed by atoms with van der Waals surface area (Å²) in [4.78, 5) is 0. The van der Waals surface area contributed by atoms with Crippen LogP contribution in [-0.2, 0) is 9.47 Å². The SMILES string of the molecule is CCCCCCC(C)(C)OC(C)(P)CCOC(C)C. The van der Waals surface area contributed by atoms with Crippen LogP contribution >= 0.6 is 9.24 Å². The van der Waals surface area contributed by atoms with Gasteiger partial charge in [-0.15, -0.1) is 9.24 Å². The zero-order valence-corrected chi connectivity index (χ0v) is 15.1. The Kier molecular flexibility index (Phi) is 9.49. The van der Waals surface area contributed by atoms with Crippen LogP contribution in [0.15, 0.2) is 0 Å². The highest BCUT2D eigenvalue weighted by Crippen LogP contribution is 2.32. The van der Waals surface area contributed by atoms with Gasteiger partial charge in [-0.3, -0.25) is 0 Å². The standard InChI is InChI=1S/C16H35O2P/c1-7-8-9-10-11-15(4,5)18-16(6,19)12-13-17-14(2)3/h14H,7-13,19H2,1-6H3. The molecule has 2 atom stereocenters. The van der Waals surface area contributed by atoms with Gasteiger partial charge in [0.2, 0.25) is 0 Å². The molecule has 0 saturated carbocycles. The summed E-state index contributed by atoms with van der Waals surface area (Å²) in [5, 5.41) is -0.191. The molecule has 0 aliphatic carbocycles. The number of hydrogen-bond donors (Lipinski definition) is 0. The maximum atomic E-state index is 6.27. The maximum Gasteiger partial charge on any atom is 0.0814 e. The van der Waals surface area contributed by atoms with Gasteiger partial charge < -0.3 is 9.47 Å². The minimum Gasteiger partial charge on any atom is -0.379 e. The molecule has 0 aliphatic rings.